The van der Waals surface area contributed by atoms with Crippen LogP contribution in [0.1, 0.15) is 54.4 Å². The number of fused-ring (bicyclic) bond motifs is 1. The van der Waals surface area contributed by atoms with Crippen molar-refractivity contribution in [3.05, 3.63) is 59.4 Å². The molecule has 2 aromatic carbocycles. The van der Waals surface area contributed by atoms with Gasteiger partial charge in [0, 0.05) is 6.54 Å². The standard InChI is InChI=1S/C24H22F7N3O3S/c1-21(13-32-20(35)19-33-17-6-5-15(24(29,30)31)12-18(17)34-19)7-9-22(25,10-8-21)38(36,37)16-4-2-3-14(11-16)23(26,27)28/h2-6,11-12H,7-10,13H2,1H3,(H,32,35)(H,33,34). The lowest BCUT2D eigenvalue weighted by atomic mass is 9.75. The molecule has 4 rings (SSSR count). The van der Waals surface area contributed by atoms with Crippen molar-refractivity contribution in [2.24, 2.45) is 5.41 Å². The van der Waals surface area contributed by atoms with Gasteiger partial charge < -0.3 is 10.3 Å². The summed E-state index contributed by atoms with van der Waals surface area (Å²) < 4.78 is 119. The van der Waals surface area contributed by atoms with E-state index in [1.807, 2.05) is 0 Å². The number of amides is 1. The molecule has 0 saturated heterocycles. The second-order valence-corrected chi connectivity index (χ2v) is 11.9. The summed E-state index contributed by atoms with van der Waals surface area (Å²) in [5.74, 6) is -0.949. The number of aromatic amines is 1. The Bertz CT molecular complexity index is 1470. The second-order valence-electron chi connectivity index (χ2n) is 9.72. The van der Waals surface area contributed by atoms with Gasteiger partial charge in [-0.15, -0.1) is 0 Å². The first-order valence-corrected chi connectivity index (χ1v) is 12.9. The minimum absolute atomic E-state index is 0.00293. The molecule has 206 valence electrons. The first-order chi connectivity index (χ1) is 17.4. The molecular formula is C24H22F7N3O3S. The highest BCUT2D eigenvalue weighted by atomic mass is 32.2. The molecular weight excluding hydrogens is 543 g/mol. The van der Waals surface area contributed by atoms with Crippen LogP contribution in [-0.2, 0) is 22.2 Å². The van der Waals surface area contributed by atoms with Crippen LogP contribution in [-0.4, -0.2) is 35.8 Å². The molecule has 14 heteroatoms. The number of hydrogen-bond acceptors (Lipinski definition) is 4. The lowest BCUT2D eigenvalue weighted by molar-refractivity contribution is -0.138. The summed E-state index contributed by atoms with van der Waals surface area (Å²) in [5.41, 5.74) is -2.70. The van der Waals surface area contributed by atoms with E-state index < -0.39 is 67.4 Å². The lowest BCUT2D eigenvalue weighted by Gasteiger charge is -2.40. The number of carbonyl (C=O) groups excluding carboxylic acids is 1. The molecule has 6 nitrogen and oxygen atoms in total. The third-order valence-electron chi connectivity index (χ3n) is 6.86. The zero-order valence-corrected chi connectivity index (χ0v) is 20.6. The van der Waals surface area contributed by atoms with Gasteiger partial charge in [0.15, 0.2) is 5.82 Å². The van der Waals surface area contributed by atoms with Crippen molar-refractivity contribution in [2.45, 2.75) is 54.9 Å². The maximum atomic E-state index is 15.7. The highest BCUT2D eigenvalue weighted by Gasteiger charge is 2.50. The smallest absolute Gasteiger partial charge is 0.349 e. The summed E-state index contributed by atoms with van der Waals surface area (Å²) in [6.45, 7) is 1.67. The predicted molar refractivity (Wildman–Crippen MR) is 122 cm³/mol. The van der Waals surface area contributed by atoms with Crippen LogP contribution in [0, 0.1) is 5.41 Å². The molecule has 0 unspecified atom stereocenters. The van der Waals surface area contributed by atoms with Gasteiger partial charge in [-0.1, -0.05) is 13.0 Å². The average molecular weight is 566 g/mol. The number of alkyl halides is 7. The number of sulfone groups is 1. The van der Waals surface area contributed by atoms with Gasteiger partial charge in [-0.3, -0.25) is 4.79 Å². The van der Waals surface area contributed by atoms with Gasteiger partial charge in [-0.25, -0.2) is 17.8 Å². The Labute approximate surface area is 212 Å². The summed E-state index contributed by atoms with van der Waals surface area (Å²) >= 11 is 0. The molecule has 1 saturated carbocycles. The number of halogens is 7. The Morgan fingerprint density at radius 2 is 1.58 bits per heavy atom. The maximum absolute atomic E-state index is 15.7. The van der Waals surface area contributed by atoms with E-state index >= 15 is 4.39 Å². The number of carbonyl (C=O) groups is 1. The largest absolute Gasteiger partial charge is 0.416 e. The fraction of sp³-hybridized carbons (Fsp3) is 0.417. The Kier molecular flexibility index (Phi) is 6.78. The third kappa shape index (κ3) is 5.36. The molecule has 1 fully saturated rings. The first kappa shape index (κ1) is 27.9. The summed E-state index contributed by atoms with van der Waals surface area (Å²) in [5, 5.41) is -0.197. The second kappa shape index (κ2) is 9.24. The van der Waals surface area contributed by atoms with Crippen LogP contribution in [0.4, 0.5) is 30.7 Å². The van der Waals surface area contributed by atoms with E-state index in [0.717, 1.165) is 30.3 Å². The molecule has 1 amide bonds. The molecule has 0 atom stereocenters. The first-order valence-electron chi connectivity index (χ1n) is 11.4. The highest BCUT2D eigenvalue weighted by molar-refractivity contribution is 7.92. The zero-order chi connectivity index (χ0) is 28.1. The number of nitrogens with zero attached hydrogens (tertiary/aromatic N) is 1. The number of nitrogens with one attached hydrogen (secondary N) is 2. The van der Waals surface area contributed by atoms with Crippen LogP contribution >= 0.6 is 0 Å². The average Bonchev–Trinajstić information content (AvgIpc) is 3.27. The van der Waals surface area contributed by atoms with Crippen molar-refractivity contribution >= 4 is 26.8 Å². The normalized spacial score (nSPS) is 22.9. The molecule has 38 heavy (non-hydrogen) atoms. The summed E-state index contributed by atoms with van der Waals surface area (Å²) in [4.78, 5) is 18.3. The number of benzene rings is 2. The predicted octanol–water partition coefficient (Wildman–Crippen LogP) is 6.05. The minimum Gasteiger partial charge on any atom is -0.349 e. The minimum atomic E-state index is -4.79. The number of hydrogen-bond donors (Lipinski definition) is 2. The monoisotopic (exact) mass is 565 g/mol. The molecule has 0 radical (unpaired) electrons. The van der Waals surface area contributed by atoms with Gasteiger partial charge in [0.2, 0.25) is 14.8 Å². The van der Waals surface area contributed by atoms with Gasteiger partial charge in [0.05, 0.1) is 27.1 Å². The van der Waals surface area contributed by atoms with Crippen molar-refractivity contribution in [1.82, 2.24) is 15.3 Å². The van der Waals surface area contributed by atoms with Crippen molar-refractivity contribution in [3.8, 4) is 0 Å². The molecule has 1 aromatic heterocycles. The quantitative estimate of drug-likeness (QED) is 0.369. The summed E-state index contributed by atoms with van der Waals surface area (Å²) in [7, 11) is -4.75. The van der Waals surface area contributed by atoms with Crippen LogP contribution in [0.15, 0.2) is 47.4 Å². The topological polar surface area (TPSA) is 91.9 Å². The number of rotatable bonds is 5. The fourth-order valence-electron chi connectivity index (χ4n) is 4.39. The Morgan fingerprint density at radius 1 is 0.974 bits per heavy atom. The van der Waals surface area contributed by atoms with Crippen molar-refractivity contribution in [1.29, 1.82) is 0 Å². The molecule has 3 aromatic rings. The number of aromatic nitrogens is 2. The highest BCUT2D eigenvalue weighted by Crippen LogP contribution is 2.47. The molecule has 0 spiro atoms. The van der Waals surface area contributed by atoms with Crippen LogP contribution in [0.2, 0.25) is 0 Å². The Morgan fingerprint density at radius 3 is 2.18 bits per heavy atom. The van der Waals surface area contributed by atoms with E-state index in [1.54, 1.807) is 6.92 Å². The van der Waals surface area contributed by atoms with E-state index in [-0.39, 0.29) is 36.2 Å². The van der Waals surface area contributed by atoms with Gasteiger partial charge in [0.25, 0.3) is 5.91 Å². The molecule has 1 heterocycles. The van der Waals surface area contributed by atoms with E-state index in [1.165, 1.54) is 0 Å². The zero-order valence-electron chi connectivity index (χ0n) is 19.8. The van der Waals surface area contributed by atoms with Crippen molar-refractivity contribution < 1.29 is 43.9 Å². The van der Waals surface area contributed by atoms with Crippen molar-refractivity contribution in [2.75, 3.05) is 6.54 Å². The number of H-pyrrole nitrogens is 1. The molecule has 0 aliphatic heterocycles. The van der Waals surface area contributed by atoms with E-state index in [0.29, 0.717) is 12.1 Å². The molecule has 1 aliphatic carbocycles. The fourth-order valence-corrected chi connectivity index (χ4v) is 6.10. The van der Waals surface area contributed by atoms with Crippen LogP contribution in [0.3, 0.4) is 0 Å². The SMILES string of the molecule is CC1(CNC(=O)c2nc3ccc(C(F)(F)F)cc3[nH]2)CCC(F)(S(=O)(=O)c2cccc(C(F)(F)F)c2)CC1. The molecule has 2 N–H and O–H groups in total. The Hall–Kier alpha value is -3.16. The Balaban J connectivity index is 1.42. The third-order valence-corrected chi connectivity index (χ3v) is 9.10. The van der Waals surface area contributed by atoms with Crippen LogP contribution < -0.4 is 5.32 Å². The van der Waals surface area contributed by atoms with E-state index in [9.17, 15) is 39.6 Å². The van der Waals surface area contributed by atoms with Gasteiger partial charge in [0.1, 0.15) is 0 Å². The van der Waals surface area contributed by atoms with E-state index in [2.05, 4.69) is 15.3 Å². The van der Waals surface area contributed by atoms with Gasteiger partial charge >= 0.3 is 12.4 Å². The van der Waals surface area contributed by atoms with E-state index in [4.69, 9.17) is 0 Å². The molecule has 1 aliphatic rings. The number of imidazole rings is 1. The summed E-state index contributed by atoms with van der Waals surface area (Å²) in [6, 6.07) is 5.73. The maximum Gasteiger partial charge on any atom is 0.416 e. The van der Waals surface area contributed by atoms with Gasteiger partial charge in [-0.05, 0) is 67.5 Å². The van der Waals surface area contributed by atoms with Gasteiger partial charge in [-0.2, -0.15) is 26.3 Å². The summed E-state index contributed by atoms with van der Waals surface area (Å²) in [6.07, 6.45) is -10.4. The molecule has 0 bridgehead atoms. The lowest BCUT2D eigenvalue weighted by Crippen LogP contribution is -2.45. The van der Waals surface area contributed by atoms with Crippen molar-refractivity contribution in [3.63, 3.8) is 0 Å². The van der Waals surface area contributed by atoms with Crippen LogP contribution in [0.25, 0.3) is 11.0 Å². The van der Waals surface area contributed by atoms with Crippen LogP contribution in [0.5, 0.6) is 0 Å².